The molecule has 3 rings (SSSR count). The average molecular weight is 394 g/mol. The monoisotopic (exact) mass is 394 g/mol. The zero-order chi connectivity index (χ0) is 20.6. The molecule has 2 aromatic carbocycles. The quantitative estimate of drug-likeness (QED) is 0.539. The third-order valence-corrected chi connectivity index (χ3v) is 4.17. The van der Waals surface area contributed by atoms with Gasteiger partial charge in [-0.2, -0.15) is 0 Å². The van der Waals surface area contributed by atoms with Crippen molar-refractivity contribution in [1.29, 1.82) is 0 Å². The minimum atomic E-state index is -0.317. The summed E-state index contributed by atoms with van der Waals surface area (Å²) in [6.07, 6.45) is 1.47. The lowest BCUT2D eigenvalue weighted by Crippen LogP contribution is -2.26. The fourth-order valence-corrected chi connectivity index (χ4v) is 2.80. The Labute approximate surface area is 168 Å². The topological polar surface area (TPSA) is 106 Å². The molecule has 1 amide bonds. The van der Waals surface area contributed by atoms with E-state index in [1.165, 1.54) is 13.4 Å². The Kier molecular flexibility index (Phi) is 6.59. The second kappa shape index (κ2) is 9.52. The van der Waals surface area contributed by atoms with Crippen molar-refractivity contribution in [3.8, 4) is 22.8 Å². The normalized spacial score (nSPS) is 10.3. The number of aromatic nitrogens is 2. The summed E-state index contributed by atoms with van der Waals surface area (Å²) < 4.78 is 10.7. The minimum absolute atomic E-state index is 0.129. The molecular formula is C21H22N4O4. The summed E-state index contributed by atoms with van der Waals surface area (Å²) in [5.74, 6) is 1.39. The van der Waals surface area contributed by atoms with Crippen molar-refractivity contribution >= 4 is 17.4 Å². The van der Waals surface area contributed by atoms with Gasteiger partial charge in [0.25, 0.3) is 5.91 Å². The molecule has 0 fully saturated rings. The van der Waals surface area contributed by atoms with Crippen molar-refractivity contribution in [1.82, 2.24) is 15.3 Å². The van der Waals surface area contributed by atoms with Crippen LogP contribution in [0.1, 0.15) is 10.4 Å². The van der Waals surface area contributed by atoms with Gasteiger partial charge in [-0.1, -0.05) is 12.1 Å². The number of carbonyl (C=O) groups is 1. The van der Waals surface area contributed by atoms with Crippen LogP contribution < -0.4 is 20.1 Å². The Morgan fingerprint density at radius 3 is 2.59 bits per heavy atom. The van der Waals surface area contributed by atoms with Gasteiger partial charge in [0, 0.05) is 29.9 Å². The van der Waals surface area contributed by atoms with Gasteiger partial charge < -0.3 is 25.2 Å². The fraction of sp³-hybridized carbons (Fsp3) is 0.190. The summed E-state index contributed by atoms with van der Waals surface area (Å²) >= 11 is 0. The number of carbonyl (C=O) groups excluding carboxylic acids is 1. The highest BCUT2D eigenvalue weighted by Gasteiger charge is 2.13. The van der Waals surface area contributed by atoms with E-state index in [0.717, 1.165) is 11.3 Å². The van der Waals surface area contributed by atoms with Crippen molar-refractivity contribution in [3.63, 3.8) is 0 Å². The lowest BCUT2D eigenvalue weighted by atomic mass is 10.1. The van der Waals surface area contributed by atoms with Crippen LogP contribution in [0.5, 0.6) is 11.5 Å². The molecule has 0 spiro atoms. The molecule has 0 radical (unpaired) electrons. The van der Waals surface area contributed by atoms with Crippen molar-refractivity contribution in [2.24, 2.45) is 0 Å². The minimum Gasteiger partial charge on any atom is -0.496 e. The molecule has 3 aromatic rings. The first-order chi connectivity index (χ1) is 14.2. The van der Waals surface area contributed by atoms with E-state index in [1.54, 1.807) is 25.3 Å². The fourth-order valence-electron chi connectivity index (χ4n) is 2.80. The number of hydrogen-bond donors (Lipinski definition) is 3. The van der Waals surface area contributed by atoms with E-state index in [4.69, 9.17) is 14.6 Å². The molecule has 0 bridgehead atoms. The molecule has 8 heteroatoms. The van der Waals surface area contributed by atoms with Gasteiger partial charge in [0.2, 0.25) is 0 Å². The van der Waals surface area contributed by atoms with Crippen LogP contribution in [0, 0.1) is 0 Å². The lowest BCUT2D eigenvalue weighted by molar-refractivity contribution is 0.0942. The van der Waals surface area contributed by atoms with Gasteiger partial charge in [-0.05, 0) is 24.3 Å². The van der Waals surface area contributed by atoms with Crippen LogP contribution >= 0.6 is 0 Å². The maximum atomic E-state index is 12.2. The number of aliphatic hydroxyl groups is 1. The van der Waals surface area contributed by atoms with Crippen LogP contribution in [-0.2, 0) is 0 Å². The molecule has 0 aliphatic heterocycles. The summed E-state index contributed by atoms with van der Waals surface area (Å²) in [7, 11) is 3.11. The molecule has 0 saturated carbocycles. The van der Waals surface area contributed by atoms with E-state index in [-0.39, 0.29) is 19.1 Å². The summed E-state index contributed by atoms with van der Waals surface area (Å²) in [5, 5.41) is 14.7. The van der Waals surface area contributed by atoms with Gasteiger partial charge >= 0.3 is 0 Å². The summed E-state index contributed by atoms with van der Waals surface area (Å²) in [6.45, 7) is 0.0462. The maximum absolute atomic E-state index is 12.2. The van der Waals surface area contributed by atoms with Gasteiger partial charge in [0.1, 0.15) is 23.6 Å². The summed E-state index contributed by atoms with van der Waals surface area (Å²) in [4.78, 5) is 20.7. The number of rotatable bonds is 8. The Morgan fingerprint density at radius 2 is 1.83 bits per heavy atom. The SMILES string of the molecule is COc1cc(Nc2cc(-c3ccccc3OC)ncn2)ccc1C(=O)NCCO. The molecule has 3 N–H and O–H groups in total. The van der Waals surface area contributed by atoms with Gasteiger partial charge in [-0.25, -0.2) is 9.97 Å². The molecule has 0 unspecified atom stereocenters. The summed E-state index contributed by atoms with van der Waals surface area (Å²) in [6, 6.07) is 14.5. The first-order valence-corrected chi connectivity index (χ1v) is 8.95. The van der Waals surface area contributed by atoms with Gasteiger partial charge in [0.15, 0.2) is 0 Å². The maximum Gasteiger partial charge on any atom is 0.255 e. The third kappa shape index (κ3) is 4.80. The number of nitrogens with one attached hydrogen (secondary N) is 2. The Balaban J connectivity index is 1.84. The van der Waals surface area contributed by atoms with Crippen molar-refractivity contribution < 1.29 is 19.4 Å². The molecule has 0 aliphatic carbocycles. The smallest absolute Gasteiger partial charge is 0.255 e. The Hall–Kier alpha value is -3.65. The zero-order valence-corrected chi connectivity index (χ0v) is 16.2. The van der Waals surface area contributed by atoms with E-state index in [0.29, 0.717) is 28.5 Å². The highest BCUT2D eigenvalue weighted by atomic mass is 16.5. The molecule has 1 heterocycles. The number of methoxy groups -OCH3 is 2. The van der Waals surface area contributed by atoms with Crippen LogP contribution in [0.4, 0.5) is 11.5 Å². The van der Waals surface area contributed by atoms with Gasteiger partial charge in [-0.3, -0.25) is 4.79 Å². The van der Waals surface area contributed by atoms with Crippen molar-refractivity contribution in [3.05, 3.63) is 60.4 Å². The van der Waals surface area contributed by atoms with Crippen LogP contribution in [0.3, 0.4) is 0 Å². The second-order valence-electron chi connectivity index (χ2n) is 6.01. The van der Waals surface area contributed by atoms with Crippen molar-refractivity contribution in [2.75, 3.05) is 32.7 Å². The number of para-hydroxylation sites is 1. The van der Waals surface area contributed by atoms with Crippen molar-refractivity contribution in [2.45, 2.75) is 0 Å². The van der Waals surface area contributed by atoms with Gasteiger partial charge in [-0.15, -0.1) is 0 Å². The number of hydrogen-bond acceptors (Lipinski definition) is 7. The highest BCUT2D eigenvalue weighted by molar-refractivity contribution is 5.97. The number of ether oxygens (including phenoxy) is 2. The van der Waals surface area contributed by atoms with Crippen LogP contribution in [0.25, 0.3) is 11.3 Å². The first kappa shape index (κ1) is 20.1. The number of benzene rings is 2. The predicted molar refractivity (Wildman–Crippen MR) is 110 cm³/mol. The third-order valence-electron chi connectivity index (χ3n) is 4.17. The molecule has 29 heavy (non-hydrogen) atoms. The van der Waals surface area contributed by atoms with Gasteiger partial charge in [0.05, 0.1) is 32.1 Å². The molecule has 0 saturated heterocycles. The highest BCUT2D eigenvalue weighted by Crippen LogP contribution is 2.30. The largest absolute Gasteiger partial charge is 0.496 e. The number of amides is 1. The predicted octanol–water partition coefficient (Wildman–Crippen LogP) is 2.63. The molecule has 1 aromatic heterocycles. The Bertz CT molecular complexity index is 994. The molecule has 0 aliphatic rings. The standard InChI is InChI=1S/C21H22N4O4/c1-28-18-6-4-3-5-15(18)17-12-20(24-13-23-17)25-14-7-8-16(19(11-14)29-2)21(27)22-9-10-26/h3-8,11-13,26H,9-10H2,1-2H3,(H,22,27)(H,23,24,25). The molecule has 8 nitrogen and oxygen atoms in total. The first-order valence-electron chi connectivity index (χ1n) is 8.95. The lowest BCUT2D eigenvalue weighted by Gasteiger charge is -2.12. The van der Waals surface area contributed by atoms with E-state index >= 15 is 0 Å². The number of nitrogens with zero attached hydrogens (tertiary/aromatic N) is 2. The average Bonchev–Trinajstić information content (AvgIpc) is 2.77. The second-order valence-corrected chi connectivity index (χ2v) is 6.01. The van der Waals surface area contributed by atoms with E-state index in [2.05, 4.69) is 20.6 Å². The van der Waals surface area contributed by atoms with E-state index in [9.17, 15) is 4.79 Å². The van der Waals surface area contributed by atoms with Crippen LogP contribution in [-0.4, -0.2) is 48.4 Å². The summed E-state index contributed by atoms with van der Waals surface area (Å²) in [5.41, 5.74) is 2.65. The van der Waals surface area contributed by atoms with Crippen LogP contribution in [0.2, 0.25) is 0 Å². The zero-order valence-electron chi connectivity index (χ0n) is 16.2. The Morgan fingerprint density at radius 1 is 1.03 bits per heavy atom. The van der Waals surface area contributed by atoms with Crippen LogP contribution in [0.15, 0.2) is 54.9 Å². The number of anilines is 2. The molecule has 150 valence electrons. The van der Waals surface area contributed by atoms with E-state index < -0.39 is 0 Å². The molecular weight excluding hydrogens is 372 g/mol. The number of aliphatic hydroxyl groups excluding tert-OH is 1. The van der Waals surface area contributed by atoms with E-state index in [1.807, 2.05) is 30.3 Å². The molecule has 0 atom stereocenters.